The van der Waals surface area contributed by atoms with Crippen LogP contribution in [0.5, 0.6) is 0 Å². The predicted octanol–water partition coefficient (Wildman–Crippen LogP) is 4.52. The molecule has 2 amide bonds. The fourth-order valence-electron chi connectivity index (χ4n) is 2.37. The van der Waals surface area contributed by atoms with E-state index in [2.05, 4.69) is 20.9 Å². The molecule has 0 saturated carbocycles. The average molecular weight is 502 g/mol. The van der Waals surface area contributed by atoms with Crippen LogP contribution in [-0.2, 0) is 25.5 Å². The van der Waals surface area contributed by atoms with Crippen molar-refractivity contribution in [1.82, 2.24) is 9.88 Å². The van der Waals surface area contributed by atoms with Gasteiger partial charge in [-0.3, -0.25) is 4.79 Å². The number of nitrogens with zero attached hydrogens (tertiary/aromatic N) is 3. The summed E-state index contributed by atoms with van der Waals surface area (Å²) in [7, 11) is 1.57. The zero-order valence-electron chi connectivity index (χ0n) is 19.4. The third-order valence-corrected chi connectivity index (χ3v) is 3.92. The lowest BCUT2D eigenvalue weighted by Crippen LogP contribution is -2.42. The lowest BCUT2D eigenvalue weighted by atomic mass is 10.2. The smallest absolute Gasteiger partial charge is 0.416 e. The maximum atomic E-state index is 12.9. The molecule has 0 aliphatic carbocycles. The minimum Gasteiger partial charge on any atom is -0.465 e. The number of hydrogen-bond donors (Lipinski definition) is 0. The first-order chi connectivity index (χ1) is 14.1. The second kappa shape index (κ2) is 10.8. The van der Waals surface area contributed by atoms with Crippen molar-refractivity contribution in [1.29, 1.82) is 0 Å². The number of pyridine rings is 1. The third kappa shape index (κ3) is 9.54. The van der Waals surface area contributed by atoms with Crippen LogP contribution in [0.1, 0.15) is 54.0 Å². The topological polar surface area (TPSA) is 98.3 Å². The summed E-state index contributed by atoms with van der Waals surface area (Å²) in [4.78, 5) is 44.2. The average Bonchev–Trinajstić information content (AvgIpc) is 2.57. The molecular weight excluding hydrogens is 470 g/mol. The molecule has 31 heavy (non-hydrogen) atoms. The zero-order chi connectivity index (χ0) is 24.0. The molecule has 1 aromatic rings. The number of ether oxygens (including phenoxy) is 3. The molecule has 0 fully saturated rings. The van der Waals surface area contributed by atoms with E-state index >= 15 is 0 Å². The third-order valence-electron chi connectivity index (χ3n) is 3.48. The number of aromatic nitrogens is 1. The molecule has 0 bridgehead atoms. The minimum absolute atomic E-state index is 0.0822. The van der Waals surface area contributed by atoms with Gasteiger partial charge in [-0.25, -0.2) is 19.5 Å². The van der Waals surface area contributed by atoms with Crippen molar-refractivity contribution in [3.8, 4) is 0 Å². The number of amides is 2. The van der Waals surface area contributed by atoms with Crippen molar-refractivity contribution >= 4 is 39.9 Å². The van der Waals surface area contributed by atoms with Crippen LogP contribution >= 0.6 is 15.9 Å². The van der Waals surface area contributed by atoms with Gasteiger partial charge in [-0.2, -0.15) is 0 Å². The Morgan fingerprint density at radius 3 is 2.10 bits per heavy atom. The van der Waals surface area contributed by atoms with Crippen LogP contribution in [0.2, 0.25) is 0 Å². The van der Waals surface area contributed by atoms with E-state index in [0.29, 0.717) is 10.0 Å². The molecule has 0 radical (unpaired) electrons. The molecule has 0 aromatic carbocycles. The SMILES string of the molecule is CCOC(=O)CN(C(=O)OC(C)(C)C)c1ncc(Br)cc1CN(C)C(=O)OC(C)(C)C. The van der Waals surface area contributed by atoms with Crippen LogP contribution in [0.4, 0.5) is 15.4 Å². The lowest BCUT2D eigenvalue weighted by molar-refractivity contribution is -0.141. The molecule has 9 nitrogen and oxygen atoms in total. The van der Waals surface area contributed by atoms with E-state index in [1.165, 1.54) is 11.1 Å². The highest BCUT2D eigenvalue weighted by atomic mass is 79.9. The highest BCUT2D eigenvalue weighted by Crippen LogP contribution is 2.25. The van der Waals surface area contributed by atoms with Gasteiger partial charge >= 0.3 is 18.2 Å². The molecular formula is C21H32BrN3O6. The molecule has 1 rings (SSSR count). The summed E-state index contributed by atoms with van der Waals surface area (Å²) >= 11 is 3.36. The van der Waals surface area contributed by atoms with Gasteiger partial charge in [0.25, 0.3) is 0 Å². The molecule has 1 aromatic heterocycles. The molecule has 0 N–H and O–H groups in total. The van der Waals surface area contributed by atoms with Gasteiger partial charge in [-0.15, -0.1) is 0 Å². The Kier molecular flexibility index (Phi) is 9.28. The normalized spacial score (nSPS) is 11.5. The van der Waals surface area contributed by atoms with Gasteiger partial charge < -0.3 is 19.1 Å². The highest BCUT2D eigenvalue weighted by molar-refractivity contribution is 9.10. The Hall–Kier alpha value is -2.36. The van der Waals surface area contributed by atoms with Crippen molar-refractivity contribution in [2.45, 2.75) is 66.2 Å². The molecule has 0 aliphatic heterocycles. The second-order valence-electron chi connectivity index (χ2n) is 8.84. The summed E-state index contributed by atoms with van der Waals surface area (Å²) in [5.41, 5.74) is -0.930. The Labute approximate surface area is 192 Å². The Balaban J connectivity index is 3.30. The van der Waals surface area contributed by atoms with Crippen LogP contribution in [0.25, 0.3) is 0 Å². The van der Waals surface area contributed by atoms with Crippen molar-refractivity contribution in [3.63, 3.8) is 0 Å². The lowest BCUT2D eigenvalue weighted by Gasteiger charge is -2.29. The molecule has 0 atom stereocenters. The number of esters is 1. The summed E-state index contributed by atoms with van der Waals surface area (Å²) in [5, 5.41) is 0. The number of halogens is 1. The van der Waals surface area contributed by atoms with E-state index in [-0.39, 0.29) is 25.5 Å². The summed E-state index contributed by atoms with van der Waals surface area (Å²) in [6.07, 6.45) is 0.207. The number of anilines is 1. The van der Waals surface area contributed by atoms with Crippen LogP contribution < -0.4 is 4.90 Å². The maximum absolute atomic E-state index is 12.9. The summed E-state index contributed by atoms with van der Waals surface area (Å²) in [6.45, 7) is 12.0. The van der Waals surface area contributed by atoms with E-state index in [1.54, 1.807) is 61.6 Å². The van der Waals surface area contributed by atoms with Crippen LogP contribution in [-0.4, -0.2) is 59.4 Å². The zero-order valence-corrected chi connectivity index (χ0v) is 21.0. The largest absolute Gasteiger partial charge is 0.465 e. The first-order valence-corrected chi connectivity index (χ1v) is 10.7. The van der Waals surface area contributed by atoms with E-state index in [4.69, 9.17) is 14.2 Å². The van der Waals surface area contributed by atoms with Gasteiger partial charge in [0, 0.05) is 23.3 Å². The van der Waals surface area contributed by atoms with Gasteiger partial charge in [0.2, 0.25) is 0 Å². The number of carbonyl (C=O) groups is 3. The first-order valence-electron chi connectivity index (χ1n) is 9.87. The van der Waals surface area contributed by atoms with Crippen molar-refractivity contribution < 1.29 is 28.6 Å². The second-order valence-corrected chi connectivity index (χ2v) is 9.76. The quantitative estimate of drug-likeness (QED) is 0.417. The molecule has 174 valence electrons. The summed E-state index contributed by atoms with van der Waals surface area (Å²) < 4.78 is 16.5. The van der Waals surface area contributed by atoms with E-state index in [0.717, 1.165) is 4.90 Å². The number of hydrogen-bond acceptors (Lipinski definition) is 7. The van der Waals surface area contributed by atoms with Gasteiger partial charge in [0.15, 0.2) is 0 Å². The van der Waals surface area contributed by atoms with Gasteiger partial charge in [0.05, 0.1) is 13.2 Å². The van der Waals surface area contributed by atoms with Gasteiger partial charge in [-0.05, 0) is 70.5 Å². The number of carbonyl (C=O) groups excluding carboxylic acids is 3. The molecule has 0 aliphatic rings. The monoisotopic (exact) mass is 501 g/mol. The van der Waals surface area contributed by atoms with Crippen LogP contribution in [0.15, 0.2) is 16.7 Å². The molecule has 0 spiro atoms. The van der Waals surface area contributed by atoms with Gasteiger partial charge in [0.1, 0.15) is 23.6 Å². The van der Waals surface area contributed by atoms with E-state index < -0.39 is 29.4 Å². The fraction of sp³-hybridized carbons (Fsp3) is 0.619. The number of rotatable bonds is 6. The van der Waals surface area contributed by atoms with E-state index in [9.17, 15) is 14.4 Å². The minimum atomic E-state index is -0.785. The first kappa shape index (κ1) is 26.7. The van der Waals surface area contributed by atoms with Crippen molar-refractivity contribution in [2.75, 3.05) is 25.1 Å². The highest BCUT2D eigenvalue weighted by Gasteiger charge is 2.29. The molecule has 10 heteroatoms. The molecule has 1 heterocycles. The van der Waals surface area contributed by atoms with Crippen molar-refractivity contribution in [3.05, 3.63) is 22.3 Å². The van der Waals surface area contributed by atoms with Gasteiger partial charge in [-0.1, -0.05) is 0 Å². The predicted molar refractivity (Wildman–Crippen MR) is 120 cm³/mol. The summed E-state index contributed by atoms with van der Waals surface area (Å²) in [6, 6.07) is 1.71. The fourth-order valence-corrected chi connectivity index (χ4v) is 2.75. The van der Waals surface area contributed by atoms with E-state index in [1.807, 2.05) is 0 Å². The Bertz CT molecular complexity index is 801. The standard InChI is InChI=1S/C21H32BrN3O6/c1-9-29-16(26)13-25(19(28)31-21(5,6)7)17-14(10-15(22)11-23-17)12-24(8)18(27)30-20(2,3)4/h10-11H,9,12-13H2,1-8H3. The maximum Gasteiger partial charge on any atom is 0.416 e. The summed E-state index contributed by atoms with van der Waals surface area (Å²) in [5.74, 6) is -0.426. The Morgan fingerprint density at radius 2 is 1.58 bits per heavy atom. The molecule has 0 saturated heterocycles. The van der Waals surface area contributed by atoms with Crippen LogP contribution in [0, 0.1) is 0 Å². The van der Waals surface area contributed by atoms with Crippen LogP contribution in [0.3, 0.4) is 0 Å². The Morgan fingerprint density at radius 1 is 1.03 bits per heavy atom. The van der Waals surface area contributed by atoms with Crippen molar-refractivity contribution in [2.24, 2.45) is 0 Å². The molecule has 0 unspecified atom stereocenters.